The van der Waals surface area contributed by atoms with Gasteiger partial charge in [-0.3, -0.25) is 0 Å². The highest BCUT2D eigenvalue weighted by Gasteiger charge is 1.99. The maximum atomic E-state index is 8.62. The average Bonchev–Trinajstić information content (AvgIpc) is 2.11. The summed E-state index contributed by atoms with van der Waals surface area (Å²) < 4.78 is 0. The van der Waals surface area contributed by atoms with Crippen molar-refractivity contribution in [1.82, 2.24) is 4.90 Å². The number of hydrogen-bond acceptors (Lipinski definition) is 2. The number of aliphatic hydroxyl groups excluding tert-OH is 1. The first kappa shape index (κ1) is 11.5. The van der Waals surface area contributed by atoms with Crippen LogP contribution >= 0.6 is 0 Å². The highest BCUT2D eigenvalue weighted by atomic mass is 16.3. The molecule has 0 aliphatic rings. The van der Waals surface area contributed by atoms with Gasteiger partial charge in [0.15, 0.2) is 0 Å². The van der Waals surface area contributed by atoms with E-state index >= 15 is 0 Å². The molecule has 0 saturated carbocycles. The van der Waals surface area contributed by atoms with Crippen LogP contribution in [0, 0.1) is 12.3 Å². The fraction of sp³-hybridized carbons (Fsp3) is 0.800. The van der Waals surface area contributed by atoms with Gasteiger partial charge in [-0.1, -0.05) is 6.92 Å². The quantitative estimate of drug-likeness (QED) is 0.456. The van der Waals surface area contributed by atoms with E-state index in [0.717, 1.165) is 38.9 Å². The first-order chi connectivity index (χ1) is 5.85. The van der Waals surface area contributed by atoms with Crippen molar-refractivity contribution in [3.8, 4) is 12.3 Å². The number of nitrogens with zero attached hydrogens (tertiary/aromatic N) is 1. The van der Waals surface area contributed by atoms with Gasteiger partial charge >= 0.3 is 0 Å². The molecule has 1 N–H and O–H groups in total. The van der Waals surface area contributed by atoms with E-state index in [1.54, 1.807) is 0 Å². The zero-order chi connectivity index (χ0) is 9.23. The molecule has 12 heavy (non-hydrogen) atoms. The second-order valence-electron chi connectivity index (χ2n) is 2.82. The Bertz CT molecular complexity index is 128. The van der Waals surface area contributed by atoms with Gasteiger partial charge in [0.1, 0.15) is 0 Å². The Kier molecular flexibility index (Phi) is 8.20. The van der Waals surface area contributed by atoms with E-state index in [4.69, 9.17) is 11.5 Å². The van der Waals surface area contributed by atoms with Gasteiger partial charge in [0.05, 0.1) is 0 Å². The third-order valence-corrected chi connectivity index (χ3v) is 1.88. The Hall–Kier alpha value is -0.520. The Balaban J connectivity index is 3.34. The number of aliphatic hydroxyl groups is 1. The van der Waals surface area contributed by atoms with Crippen LogP contribution in [-0.4, -0.2) is 36.2 Å². The summed E-state index contributed by atoms with van der Waals surface area (Å²) in [7, 11) is 0. The van der Waals surface area contributed by atoms with Crippen molar-refractivity contribution in [2.75, 3.05) is 26.2 Å². The summed E-state index contributed by atoms with van der Waals surface area (Å²) >= 11 is 0. The molecular weight excluding hydrogens is 150 g/mol. The summed E-state index contributed by atoms with van der Waals surface area (Å²) in [4.78, 5) is 2.31. The topological polar surface area (TPSA) is 23.5 Å². The molecule has 0 aromatic heterocycles. The van der Waals surface area contributed by atoms with Crippen molar-refractivity contribution < 1.29 is 5.11 Å². The minimum atomic E-state index is 0.283. The fourth-order valence-electron chi connectivity index (χ4n) is 1.13. The van der Waals surface area contributed by atoms with Crippen LogP contribution < -0.4 is 0 Å². The molecule has 0 amide bonds. The predicted octanol–water partition coefficient (Wildman–Crippen LogP) is 1.10. The molecule has 0 unspecified atom stereocenters. The molecule has 0 rings (SSSR count). The third kappa shape index (κ3) is 6.21. The Morgan fingerprint density at radius 3 is 2.50 bits per heavy atom. The number of terminal acetylenes is 1. The van der Waals surface area contributed by atoms with E-state index in [1.165, 1.54) is 0 Å². The lowest BCUT2D eigenvalue weighted by Gasteiger charge is -2.18. The van der Waals surface area contributed by atoms with Crippen LogP contribution in [0.4, 0.5) is 0 Å². The van der Waals surface area contributed by atoms with Crippen LogP contribution in [0.3, 0.4) is 0 Å². The van der Waals surface area contributed by atoms with Gasteiger partial charge < -0.3 is 10.0 Å². The predicted molar refractivity (Wildman–Crippen MR) is 51.9 cm³/mol. The second kappa shape index (κ2) is 8.58. The molecule has 0 aliphatic heterocycles. The maximum absolute atomic E-state index is 8.62. The van der Waals surface area contributed by atoms with Crippen LogP contribution in [-0.2, 0) is 0 Å². The largest absolute Gasteiger partial charge is 0.396 e. The molecule has 2 nitrogen and oxygen atoms in total. The molecule has 0 aliphatic carbocycles. The molecule has 0 spiro atoms. The van der Waals surface area contributed by atoms with Crippen molar-refractivity contribution in [2.24, 2.45) is 0 Å². The van der Waals surface area contributed by atoms with Gasteiger partial charge in [0, 0.05) is 19.6 Å². The number of unbranched alkanes of at least 4 members (excludes halogenated alkanes) is 1. The summed E-state index contributed by atoms with van der Waals surface area (Å²) in [6.07, 6.45) is 7.93. The summed E-state index contributed by atoms with van der Waals surface area (Å²) in [5.74, 6) is 2.63. The standard InChI is InChI=1S/C10H19NO/c1-3-5-6-8-11(4-2)9-7-10-12/h1,12H,4-10H2,2H3. The van der Waals surface area contributed by atoms with Gasteiger partial charge in [-0.15, -0.1) is 12.3 Å². The zero-order valence-electron chi connectivity index (χ0n) is 7.92. The van der Waals surface area contributed by atoms with Crippen molar-refractivity contribution in [3.05, 3.63) is 0 Å². The zero-order valence-corrected chi connectivity index (χ0v) is 7.92. The number of hydrogen-bond donors (Lipinski definition) is 1. The minimum absolute atomic E-state index is 0.283. The van der Waals surface area contributed by atoms with E-state index < -0.39 is 0 Å². The van der Waals surface area contributed by atoms with Crippen molar-refractivity contribution in [2.45, 2.75) is 26.2 Å². The lowest BCUT2D eigenvalue weighted by Crippen LogP contribution is -2.26. The van der Waals surface area contributed by atoms with Crippen LogP contribution in [0.2, 0.25) is 0 Å². The van der Waals surface area contributed by atoms with Crippen molar-refractivity contribution in [3.63, 3.8) is 0 Å². The van der Waals surface area contributed by atoms with E-state index in [2.05, 4.69) is 17.7 Å². The SMILES string of the molecule is C#CCCCN(CC)CCCO. The third-order valence-electron chi connectivity index (χ3n) is 1.88. The molecule has 0 radical (unpaired) electrons. The normalized spacial score (nSPS) is 10.2. The summed E-state index contributed by atoms with van der Waals surface area (Å²) in [6.45, 7) is 5.50. The van der Waals surface area contributed by atoms with Gasteiger partial charge in [-0.2, -0.15) is 0 Å². The smallest absolute Gasteiger partial charge is 0.0443 e. The van der Waals surface area contributed by atoms with E-state index in [0.29, 0.717) is 0 Å². The minimum Gasteiger partial charge on any atom is -0.396 e. The average molecular weight is 169 g/mol. The van der Waals surface area contributed by atoms with Crippen LogP contribution in [0.15, 0.2) is 0 Å². The molecule has 0 bridgehead atoms. The molecule has 2 heteroatoms. The first-order valence-corrected chi connectivity index (χ1v) is 4.61. The van der Waals surface area contributed by atoms with Gasteiger partial charge in [-0.05, 0) is 25.9 Å². The monoisotopic (exact) mass is 169 g/mol. The van der Waals surface area contributed by atoms with E-state index in [9.17, 15) is 0 Å². The van der Waals surface area contributed by atoms with Crippen LogP contribution in [0.1, 0.15) is 26.2 Å². The number of rotatable bonds is 7. The van der Waals surface area contributed by atoms with Crippen LogP contribution in [0.25, 0.3) is 0 Å². The lowest BCUT2D eigenvalue weighted by atomic mass is 10.3. The Morgan fingerprint density at radius 1 is 1.33 bits per heavy atom. The van der Waals surface area contributed by atoms with Crippen molar-refractivity contribution in [1.29, 1.82) is 0 Å². The molecular formula is C10H19NO. The molecule has 0 fully saturated rings. The second-order valence-corrected chi connectivity index (χ2v) is 2.82. The fourth-order valence-corrected chi connectivity index (χ4v) is 1.13. The molecule has 0 aromatic rings. The summed E-state index contributed by atoms with van der Waals surface area (Å²) in [5, 5.41) is 8.62. The van der Waals surface area contributed by atoms with Gasteiger partial charge in [-0.25, -0.2) is 0 Å². The van der Waals surface area contributed by atoms with E-state index in [1.807, 2.05) is 0 Å². The van der Waals surface area contributed by atoms with Crippen molar-refractivity contribution >= 4 is 0 Å². The molecule has 70 valence electrons. The van der Waals surface area contributed by atoms with E-state index in [-0.39, 0.29) is 6.61 Å². The van der Waals surface area contributed by atoms with Gasteiger partial charge in [0.25, 0.3) is 0 Å². The first-order valence-electron chi connectivity index (χ1n) is 4.61. The highest BCUT2D eigenvalue weighted by molar-refractivity contribution is 4.83. The Morgan fingerprint density at radius 2 is 2.00 bits per heavy atom. The molecule has 0 atom stereocenters. The Labute approximate surface area is 75.6 Å². The van der Waals surface area contributed by atoms with Gasteiger partial charge in [0.2, 0.25) is 0 Å². The lowest BCUT2D eigenvalue weighted by molar-refractivity contribution is 0.229. The highest BCUT2D eigenvalue weighted by Crippen LogP contribution is 1.95. The summed E-state index contributed by atoms with van der Waals surface area (Å²) in [5.41, 5.74) is 0. The maximum Gasteiger partial charge on any atom is 0.0443 e. The molecule has 0 saturated heterocycles. The van der Waals surface area contributed by atoms with Crippen LogP contribution in [0.5, 0.6) is 0 Å². The summed E-state index contributed by atoms with van der Waals surface area (Å²) in [6, 6.07) is 0. The molecule has 0 aromatic carbocycles. The molecule has 0 heterocycles.